The van der Waals surface area contributed by atoms with E-state index in [1.165, 1.54) is 0 Å². The molecule has 0 fully saturated rings. The van der Waals surface area contributed by atoms with Crippen molar-refractivity contribution in [3.8, 4) is 0 Å². The SMILES string of the molecule is B[C@@](N)(CC)CN. The van der Waals surface area contributed by atoms with Gasteiger partial charge in [0.05, 0.1) is 0 Å². The summed E-state index contributed by atoms with van der Waals surface area (Å²) in [5, 5.41) is 0. The molecule has 0 rings (SSSR count). The monoisotopic (exact) mass is 100 g/mol. The summed E-state index contributed by atoms with van der Waals surface area (Å²) < 4.78 is 0. The van der Waals surface area contributed by atoms with Crippen molar-refractivity contribution in [3.63, 3.8) is 0 Å². The Morgan fingerprint density at radius 2 is 2.14 bits per heavy atom. The maximum Gasteiger partial charge on any atom is 0.128 e. The van der Waals surface area contributed by atoms with Crippen molar-refractivity contribution >= 4 is 7.85 Å². The smallest absolute Gasteiger partial charge is 0.128 e. The molecule has 0 unspecified atom stereocenters. The molecule has 0 radical (unpaired) electrons. The Bertz CT molecular complexity index is 47.7. The summed E-state index contributed by atoms with van der Waals surface area (Å²) in [4.78, 5) is 0. The molecule has 0 aromatic heterocycles. The van der Waals surface area contributed by atoms with Crippen molar-refractivity contribution < 1.29 is 0 Å². The van der Waals surface area contributed by atoms with E-state index in [-0.39, 0.29) is 5.44 Å². The lowest BCUT2D eigenvalue weighted by atomic mass is 9.77. The Morgan fingerprint density at radius 1 is 1.71 bits per heavy atom. The van der Waals surface area contributed by atoms with Crippen molar-refractivity contribution in [3.05, 3.63) is 0 Å². The van der Waals surface area contributed by atoms with Gasteiger partial charge in [0.25, 0.3) is 0 Å². The first-order chi connectivity index (χ1) is 3.12. The summed E-state index contributed by atoms with van der Waals surface area (Å²) >= 11 is 0. The highest BCUT2D eigenvalue weighted by atomic mass is 14.8. The standard InChI is InChI=1S/C4H13BN2/c1-2-4(5,7)3-6/h2-3,5-7H2,1H3/t4-/m1/s1. The van der Waals surface area contributed by atoms with Gasteiger partial charge in [-0.25, -0.2) is 0 Å². The van der Waals surface area contributed by atoms with E-state index < -0.39 is 0 Å². The molecule has 0 saturated heterocycles. The van der Waals surface area contributed by atoms with Gasteiger partial charge in [-0.3, -0.25) is 0 Å². The molecule has 7 heavy (non-hydrogen) atoms. The van der Waals surface area contributed by atoms with Crippen LogP contribution in [0, 0.1) is 0 Å². The molecule has 0 aliphatic carbocycles. The average Bonchev–Trinajstić information content (AvgIpc) is 1.68. The molecule has 2 nitrogen and oxygen atoms in total. The van der Waals surface area contributed by atoms with E-state index in [1.807, 2.05) is 14.8 Å². The summed E-state index contributed by atoms with van der Waals surface area (Å²) in [6.45, 7) is 2.61. The Hall–Kier alpha value is -0.0151. The van der Waals surface area contributed by atoms with Gasteiger partial charge in [0.15, 0.2) is 0 Å². The minimum Gasteiger partial charge on any atom is -0.331 e. The third kappa shape index (κ3) is 2.65. The largest absolute Gasteiger partial charge is 0.331 e. The molecule has 3 heteroatoms. The van der Waals surface area contributed by atoms with Crippen molar-refractivity contribution in [2.24, 2.45) is 11.5 Å². The Morgan fingerprint density at radius 3 is 2.14 bits per heavy atom. The summed E-state index contributed by atoms with van der Waals surface area (Å²) in [5.41, 5.74) is 10.7. The van der Waals surface area contributed by atoms with Crippen LogP contribution >= 0.6 is 0 Å². The van der Waals surface area contributed by atoms with E-state index in [2.05, 4.69) is 0 Å². The first-order valence-corrected chi connectivity index (χ1v) is 2.61. The number of hydrogen-bond donors (Lipinski definition) is 2. The van der Waals surface area contributed by atoms with Crippen LogP contribution in [0.3, 0.4) is 0 Å². The molecule has 0 amide bonds. The van der Waals surface area contributed by atoms with Crippen molar-refractivity contribution in [1.82, 2.24) is 0 Å². The maximum absolute atomic E-state index is 5.59. The number of rotatable bonds is 2. The Balaban J connectivity index is 3.36. The highest BCUT2D eigenvalue weighted by Gasteiger charge is 2.10. The molecule has 0 saturated carbocycles. The van der Waals surface area contributed by atoms with Crippen LogP contribution in [0.5, 0.6) is 0 Å². The predicted molar refractivity (Wildman–Crippen MR) is 34.8 cm³/mol. The highest BCUT2D eigenvalue weighted by molar-refractivity contribution is 6.15. The minimum atomic E-state index is -0.139. The lowest BCUT2D eigenvalue weighted by Crippen LogP contribution is -2.46. The van der Waals surface area contributed by atoms with Crippen molar-refractivity contribution in [1.29, 1.82) is 0 Å². The third-order valence-electron chi connectivity index (χ3n) is 1.27. The van der Waals surface area contributed by atoms with E-state index in [1.54, 1.807) is 0 Å². The van der Waals surface area contributed by atoms with E-state index in [9.17, 15) is 0 Å². The van der Waals surface area contributed by atoms with E-state index in [4.69, 9.17) is 11.5 Å². The van der Waals surface area contributed by atoms with Gasteiger partial charge in [-0.15, -0.1) is 0 Å². The normalized spacial score (nSPS) is 18.7. The van der Waals surface area contributed by atoms with Crippen LogP contribution < -0.4 is 11.5 Å². The summed E-state index contributed by atoms with van der Waals surface area (Å²) in [6, 6.07) is 0. The summed E-state index contributed by atoms with van der Waals surface area (Å²) in [5.74, 6) is 0. The third-order valence-corrected chi connectivity index (χ3v) is 1.27. The minimum absolute atomic E-state index is 0.139. The Labute approximate surface area is 45.7 Å². The quantitative estimate of drug-likeness (QED) is 0.421. The molecular formula is C4H13BN2. The van der Waals surface area contributed by atoms with Crippen LogP contribution in [-0.4, -0.2) is 19.8 Å². The maximum atomic E-state index is 5.59. The molecule has 0 aliphatic rings. The van der Waals surface area contributed by atoms with E-state index in [0.717, 1.165) is 6.42 Å². The van der Waals surface area contributed by atoms with Gasteiger partial charge in [-0.2, -0.15) is 0 Å². The molecule has 0 bridgehead atoms. The van der Waals surface area contributed by atoms with Crippen LogP contribution in [0.2, 0.25) is 0 Å². The van der Waals surface area contributed by atoms with Crippen LogP contribution in [0.25, 0.3) is 0 Å². The van der Waals surface area contributed by atoms with Gasteiger partial charge in [0.2, 0.25) is 0 Å². The number of hydrogen-bond acceptors (Lipinski definition) is 2. The number of nitrogens with two attached hydrogens (primary N) is 2. The molecule has 4 N–H and O–H groups in total. The molecule has 42 valence electrons. The summed E-state index contributed by atoms with van der Waals surface area (Å²) in [6.07, 6.45) is 0.948. The first kappa shape index (κ1) is 6.98. The molecule has 1 atom stereocenters. The van der Waals surface area contributed by atoms with Gasteiger partial charge in [-0.1, -0.05) is 6.92 Å². The predicted octanol–water partition coefficient (Wildman–Crippen LogP) is -1.36. The van der Waals surface area contributed by atoms with Gasteiger partial charge >= 0.3 is 0 Å². The average molecular weight is 100.0 g/mol. The zero-order valence-corrected chi connectivity index (χ0v) is 5.07. The zero-order valence-electron chi connectivity index (χ0n) is 5.07. The second kappa shape index (κ2) is 2.33. The van der Waals surface area contributed by atoms with Gasteiger partial charge < -0.3 is 11.5 Å². The summed E-state index contributed by atoms with van der Waals surface area (Å²) in [7, 11) is 1.95. The van der Waals surface area contributed by atoms with Crippen LogP contribution in [-0.2, 0) is 0 Å². The fourth-order valence-electron chi connectivity index (χ4n) is 0.144. The lowest BCUT2D eigenvalue weighted by Gasteiger charge is -2.18. The van der Waals surface area contributed by atoms with Gasteiger partial charge in [-0.05, 0) is 11.9 Å². The van der Waals surface area contributed by atoms with Gasteiger partial charge in [0.1, 0.15) is 7.85 Å². The van der Waals surface area contributed by atoms with Crippen molar-refractivity contribution in [2.45, 2.75) is 18.8 Å². The highest BCUT2D eigenvalue weighted by Crippen LogP contribution is 1.94. The molecule has 0 aromatic rings. The first-order valence-electron chi connectivity index (χ1n) is 2.61. The van der Waals surface area contributed by atoms with Crippen LogP contribution in [0.4, 0.5) is 0 Å². The van der Waals surface area contributed by atoms with Crippen molar-refractivity contribution in [2.75, 3.05) is 6.54 Å². The van der Waals surface area contributed by atoms with E-state index >= 15 is 0 Å². The zero-order chi connectivity index (χ0) is 5.91. The fraction of sp³-hybridized carbons (Fsp3) is 1.00. The van der Waals surface area contributed by atoms with E-state index in [0.29, 0.717) is 6.54 Å². The second-order valence-corrected chi connectivity index (χ2v) is 2.21. The molecule has 0 spiro atoms. The molecular weight excluding hydrogens is 86.9 g/mol. The lowest BCUT2D eigenvalue weighted by molar-refractivity contribution is 0.588. The van der Waals surface area contributed by atoms with Gasteiger partial charge in [0, 0.05) is 6.54 Å². The Kier molecular flexibility index (Phi) is 2.33. The second-order valence-electron chi connectivity index (χ2n) is 2.21. The molecule has 0 aliphatic heterocycles. The fourth-order valence-corrected chi connectivity index (χ4v) is 0.144. The topological polar surface area (TPSA) is 52.0 Å². The molecule has 0 aromatic carbocycles. The van der Waals surface area contributed by atoms with Crippen LogP contribution in [0.15, 0.2) is 0 Å². The van der Waals surface area contributed by atoms with Crippen LogP contribution in [0.1, 0.15) is 13.3 Å². The molecule has 0 heterocycles.